The fraction of sp³-hybridized carbons (Fsp3) is 0.444. The van der Waals surface area contributed by atoms with E-state index in [0.29, 0.717) is 23.7 Å². The highest BCUT2D eigenvalue weighted by molar-refractivity contribution is 5.80. The molecular weight excluding hydrogens is 322 g/mol. The van der Waals surface area contributed by atoms with E-state index in [-0.39, 0.29) is 24.6 Å². The van der Waals surface area contributed by atoms with Crippen LogP contribution < -0.4 is 10.9 Å². The van der Waals surface area contributed by atoms with Gasteiger partial charge >= 0.3 is 5.97 Å². The van der Waals surface area contributed by atoms with Crippen molar-refractivity contribution in [1.29, 1.82) is 0 Å². The number of carbonyl (C=O) groups is 2. The molecule has 0 aliphatic heterocycles. The van der Waals surface area contributed by atoms with Gasteiger partial charge in [-0.2, -0.15) is 0 Å². The maximum Gasteiger partial charge on any atom is 0.311 e. The SMILES string of the molecule is O=C(Cn1cnc2ccccc2c1=O)NCC1(C(=O)O)CCCCC1. The molecule has 1 heterocycles. The van der Waals surface area contributed by atoms with Gasteiger partial charge in [0.25, 0.3) is 5.56 Å². The van der Waals surface area contributed by atoms with E-state index in [1.807, 2.05) is 0 Å². The van der Waals surface area contributed by atoms with Gasteiger partial charge in [0, 0.05) is 6.54 Å². The summed E-state index contributed by atoms with van der Waals surface area (Å²) < 4.78 is 1.24. The first kappa shape index (κ1) is 17.1. The molecule has 7 heteroatoms. The van der Waals surface area contributed by atoms with Gasteiger partial charge < -0.3 is 10.4 Å². The third kappa shape index (κ3) is 3.55. The minimum absolute atomic E-state index is 0.0942. The predicted molar refractivity (Wildman–Crippen MR) is 92.2 cm³/mol. The van der Waals surface area contributed by atoms with E-state index >= 15 is 0 Å². The first-order valence-electron chi connectivity index (χ1n) is 8.46. The second kappa shape index (κ2) is 7.04. The molecule has 0 atom stereocenters. The van der Waals surface area contributed by atoms with Crippen molar-refractivity contribution in [2.75, 3.05) is 6.54 Å². The number of carbonyl (C=O) groups excluding carboxylic acids is 1. The second-order valence-corrected chi connectivity index (χ2v) is 6.62. The topological polar surface area (TPSA) is 101 Å². The Morgan fingerprint density at radius 3 is 2.64 bits per heavy atom. The zero-order valence-electron chi connectivity index (χ0n) is 13.9. The van der Waals surface area contributed by atoms with Crippen LogP contribution in [-0.4, -0.2) is 33.1 Å². The van der Waals surface area contributed by atoms with Crippen molar-refractivity contribution in [3.05, 3.63) is 40.9 Å². The zero-order valence-corrected chi connectivity index (χ0v) is 13.9. The largest absolute Gasteiger partial charge is 0.481 e. The first-order valence-corrected chi connectivity index (χ1v) is 8.46. The summed E-state index contributed by atoms with van der Waals surface area (Å²) in [6.07, 6.45) is 5.23. The number of rotatable bonds is 5. The molecule has 1 aromatic heterocycles. The van der Waals surface area contributed by atoms with Gasteiger partial charge in [-0.3, -0.25) is 19.0 Å². The van der Waals surface area contributed by atoms with Crippen LogP contribution in [-0.2, 0) is 16.1 Å². The lowest BCUT2D eigenvalue weighted by Crippen LogP contribution is -2.45. The number of aliphatic carboxylic acids is 1. The number of aromatic nitrogens is 2. The van der Waals surface area contributed by atoms with Crippen molar-refractivity contribution in [1.82, 2.24) is 14.9 Å². The Kier molecular flexibility index (Phi) is 4.83. The highest BCUT2D eigenvalue weighted by Gasteiger charge is 2.39. The van der Waals surface area contributed by atoms with Crippen molar-refractivity contribution in [3.63, 3.8) is 0 Å². The minimum Gasteiger partial charge on any atom is -0.481 e. The number of para-hydroxylation sites is 1. The number of nitrogens with one attached hydrogen (secondary N) is 1. The van der Waals surface area contributed by atoms with Crippen LogP contribution >= 0.6 is 0 Å². The van der Waals surface area contributed by atoms with E-state index in [4.69, 9.17) is 0 Å². The zero-order chi connectivity index (χ0) is 17.9. The summed E-state index contributed by atoms with van der Waals surface area (Å²) >= 11 is 0. The van der Waals surface area contributed by atoms with Gasteiger partial charge in [0.2, 0.25) is 5.91 Å². The molecule has 25 heavy (non-hydrogen) atoms. The molecule has 2 aromatic rings. The Morgan fingerprint density at radius 1 is 1.20 bits per heavy atom. The van der Waals surface area contributed by atoms with E-state index in [1.54, 1.807) is 24.3 Å². The van der Waals surface area contributed by atoms with E-state index in [0.717, 1.165) is 19.3 Å². The summed E-state index contributed by atoms with van der Waals surface area (Å²) in [6, 6.07) is 6.94. The molecule has 0 spiro atoms. The van der Waals surface area contributed by atoms with Gasteiger partial charge in [-0.05, 0) is 25.0 Å². The molecule has 0 saturated heterocycles. The highest BCUT2D eigenvalue weighted by Crippen LogP contribution is 2.35. The van der Waals surface area contributed by atoms with Crippen LogP contribution in [0.2, 0.25) is 0 Å². The predicted octanol–water partition coefficient (Wildman–Crippen LogP) is 1.55. The normalized spacial score (nSPS) is 16.5. The van der Waals surface area contributed by atoms with Gasteiger partial charge in [0.15, 0.2) is 0 Å². The van der Waals surface area contributed by atoms with Crippen LogP contribution in [0.1, 0.15) is 32.1 Å². The maximum atomic E-state index is 12.4. The van der Waals surface area contributed by atoms with Crippen LogP contribution in [0.5, 0.6) is 0 Å². The molecule has 1 amide bonds. The van der Waals surface area contributed by atoms with Gasteiger partial charge in [-0.1, -0.05) is 31.4 Å². The summed E-state index contributed by atoms with van der Waals surface area (Å²) in [5.41, 5.74) is -0.594. The highest BCUT2D eigenvalue weighted by atomic mass is 16.4. The average Bonchev–Trinajstić information content (AvgIpc) is 2.63. The van der Waals surface area contributed by atoms with Crippen molar-refractivity contribution in [2.24, 2.45) is 5.41 Å². The molecule has 1 aromatic carbocycles. The van der Waals surface area contributed by atoms with Crippen LogP contribution in [0.25, 0.3) is 10.9 Å². The molecule has 0 radical (unpaired) electrons. The van der Waals surface area contributed by atoms with Crippen LogP contribution in [0.15, 0.2) is 35.4 Å². The fourth-order valence-electron chi connectivity index (χ4n) is 3.39. The number of hydrogen-bond acceptors (Lipinski definition) is 4. The Bertz CT molecular complexity index is 853. The van der Waals surface area contributed by atoms with Crippen LogP contribution in [0.4, 0.5) is 0 Å². The lowest BCUT2D eigenvalue weighted by molar-refractivity contribution is -0.151. The number of carboxylic acid groups (broad SMARTS) is 1. The lowest BCUT2D eigenvalue weighted by atomic mass is 9.74. The van der Waals surface area contributed by atoms with E-state index in [2.05, 4.69) is 10.3 Å². The summed E-state index contributed by atoms with van der Waals surface area (Å²) in [5.74, 6) is -1.25. The number of benzene rings is 1. The van der Waals surface area contributed by atoms with Crippen molar-refractivity contribution in [3.8, 4) is 0 Å². The van der Waals surface area contributed by atoms with Crippen LogP contribution in [0.3, 0.4) is 0 Å². The van der Waals surface area contributed by atoms with Crippen molar-refractivity contribution >= 4 is 22.8 Å². The third-order valence-corrected chi connectivity index (χ3v) is 4.93. The number of fused-ring (bicyclic) bond motifs is 1. The number of carboxylic acids is 1. The molecule has 0 bridgehead atoms. The maximum absolute atomic E-state index is 12.4. The molecule has 1 fully saturated rings. The molecule has 3 rings (SSSR count). The number of nitrogens with zero attached hydrogens (tertiary/aromatic N) is 2. The van der Waals surface area contributed by atoms with E-state index < -0.39 is 11.4 Å². The Balaban J connectivity index is 1.69. The standard InChI is InChI=1S/C18H21N3O4/c22-15(19-11-18(17(24)25)8-4-1-5-9-18)10-21-12-20-14-7-3-2-6-13(14)16(21)23/h2-3,6-7,12H,1,4-5,8-11H2,(H,19,22)(H,24,25). The molecule has 132 valence electrons. The molecular formula is C18H21N3O4. The number of hydrogen-bond donors (Lipinski definition) is 2. The smallest absolute Gasteiger partial charge is 0.311 e. The monoisotopic (exact) mass is 343 g/mol. The molecule has 1 saturated carbocycles. The van der Waals surface area contributed by atoms with Gasteiger partial charge in [-0.15, -0.1) is 0 Å². The molecule has 7 nitrogen and oxygen atoms in total. The number of amides is 1. The summed E-state index contributed by atoms with van der Waals surface area (Å²) in [4.78, 5) is 40.4. The Hall–Kier alpha value is -2.70. The van der Waals surface area contributed by atoms with Gasteiger partial charge in [0.1, 0.15) is 6.54 Å². The molecule has 2 N–H and O–H groups in total. The first-order chi connectivity index (χ1) is 12.0. The molecule has 1 aliphatic rings. The quantitative estimate of drug-likeness (QED) is 0.858. The molecule has 1 aliphatic carbocycles. The summed E-state index contributed by atoms with van der Waals surface area (Å²) in [5, 5.41) is 12.7. The summed E-state index contributed by atoms with van der Waals surface area (Å²) in [7, 11) is 0. The third-order valence-electron chi connectivity index (χ3n) is 4.93. The van der Waals surface area contributed by atoms with Gasteiger partial charge in [-0.25, -0.2) is 4.98 Å². The van der Waals surface area contributed by atoms with Crippen molar-refractivity contribution in [2.45, 2.75) is 38.6 Å². The average molecular weight is 343 g/mol. The summed E-state index contributed by atoms with van der Waals surface area (Å²) in [6.45, 7) is -0.0801. The van der Waals surface area contributed by atoms with E-state index in [1.165, 1.54) is 10.9 Å². The second-order valence-electron chi connectivity index (χ2n) is 6.62. The molecule has 0 unspecified atom stereocenters. The fourth-order valence-corrected chi connectivity index (χ4v) is 3.39. The lowest BCUT2D eigenvalue weighted by Gasteiger charge is -2.33. The Morgan fingerprint density at radius 2 is 1.92 bits per heavy atom. The van der Waals surface area contributed by atoms with Gasteiger partial charge in [0.05, 0.1) is 22.6 Å². The van der Waals surface area contributed by atoms with E-state index in [9.17, 15) is 19.5 Å². The van der Waals surface area contributed by atoms with Crippen molar-refractivity contribution < 1.29 is 14.7 Å². The Labute approximate surface area is 144 Å². The minimum atomic E-state index is -0.888. The van der Waals surface area contributed by atoms with Crippen LogP contribution in [0, 0.1) is 5.41 Å².